The fourth-order valence-corrected chi connectivity index (χ4v) is 1.96. The highest BCUT2D eigenvalue weighted by atomic mass is 16.7. The number of rotatable bonds is 6. The van der Waals surface area contributed by atoms with Gasteiger partial charge in [0.05, 0.1) is 5.69 Å². The number of hydrogen-bond donors (Lipinski definition) is 1. The van der Waals surface area contributed by atoms with Gasteiger partial charge in [0.1, 0.15) is 5.60 Å². The van der Waals surface area contributed by atoms with Crippen LogP contribution in [-0.2, 0) is 29.4 Å². The van der Waals surface area contributed by atoms with Crippen molar-refractivity contribution in [2.75, 3.05) is 14.2 Å². The molecule has 98 valence electrons. The lowest BCUT2D eigenvalue weighted by molar-refractivity contribution is -0.207. The van der Waals surface area contributed by atoms with Crippen molar-refractivity contribution in [3.8, 4) is 0 Å². The zero-order valence-electron chi connectivity index (χ0n) is 11.2. The van der Waals surface area contributed by atoms with Gasteiger partial charge in [0, 0.05) is 33.4 Å². The third kappa shape index (κ3) is 3.28. The lowest BCUT2D eigenvalue weighted by Gasteiger charge is -2.30. The van der Waals surface area contributed by atoms with E-state index in [-0.39, 0.29) is 0 Å². The molecule has 0 fully saturated rings. The minimum Gasteiger partial charge on any atom is -0.384 e. The van der Waals surface area contributed by atoms with Crippen LogP contribution in [0.25, 0.3) is 0 Å². The van der Waals surface area contributed by atoms with E-state index in [1.54, 1.807) is 11.6 Å². The summed E-state index contributed by atoms with van der Waals surface area (Å²) >= 11 is 0. The summed E-state index contributed by atoms with van der Waals surface area (Å²) in [6.45, 7) is 3.75. The summed E-state index contributed by atoms with van der Waals surface area (Å²) in [5.74, 6) is 0. The maximum atomic E-state index is 10.3. The topological polar surface area (TPSA) is 56.5 Å². The third-order valence-electron chi connectivity index (χ3n) is 2.86. The lowest BCUT2D eigenvalue weighted by atomic mass is 9.99. The van der Waals surface area contributed by atoms with E-state index in [1.165, 1.54) is 14.2 Å². The SMILES string of the molecule is CCc1cc(CC(C)(O)C(OC)OC)n(C)n1. The lowest BCUT2D eigenvalue weighted by Crippen LogP contribution is -2.44. The van der Waals surface area contributed by atoms with Gasteiger partial charge in [0.25, 0.3) is 0 Å². The van der Waals surface area contributed by atoms with E-state index in [0.29, 0.717) is 6.42 Å². The number of nitrogens with zero attached hydrogens (tertiary/aromatic N) is 2. The van der Waals surface area contributed by atoms with Gasteiger partial charge < -0.3 is 14.6 Å². The standard InChI is InChI=1S/C12H22N2O3/c1-6-9-7-10(14(3)13-9)8-12(2,15)11(16-4)17-5/h7,11,15H,6,8H2,1-5H3. The van der Waals surface area contributed by atoms with Crippen LogP contribution in [0.5, 0.6) is 0 Å². The van der Waals surface area contributed by atoms with Crippen LogP contribution in [0.15, 0.2) is 6.07 Å². The second-order valence-corrected chi connectivity index (χ2v) is 4.44. The predicted molar refractivity (Wildman–Crippen MR) is 64.7 cm³/mol. The van der Waals surface area contributed by atoms with Gasteiger partial charge in [0.2, 0.25) is 0 Å². The van der Waals surface area contributed by atoms with Gasteiger partial charge in [-0.05, 0) is 19.4 Å². The Hall–Kier alpha value is -0.910. The maximum absolute atomic E-state index is 10.3. The third-order valence-corrected chi connectivity index (χ3v) is 2.86. The van der Waals surface area contributed by atoms with E-state index in [2.05, 4.69) is 12.0 Å². The van der Waals surface area contributed by atoms with Gasteiger partial charge in [-0.3, -0.25) is 4.68 Å². The van der Waals surface area contributed by atoms with Crippen LogP contribution in [0.3, 0.4) is 0 Å². The molecule has 1 aromatic rings. The highest BCUT2D eigenvalue weighted by Crippen LogP contribution is 2.20. The predicted octanol–water partition coefficient (Wildman–Crippen LogP) is 0.895. The Balaban J connectivity index is 2.84. The molecular formula is C12H22N2O3. The summed E-state index contributed by atoms with van der Waals surface area (Å²) in [6.07, 6.45) is 0.666. The summed E-state index contributed by atoms with van der Waals surface area (Å²) in [5, 5.41) is 14.7. The molecule has 0 radical (unpaired) electrons. The smallest absolute Gasteiger partial charge is 0.185 e. The van der Waals surface area contributed by atoms with Crippen molar-refractivity contribution in [1.29, 1.82) is 0 Å². The molecule has 0 bridgehead atoms. The second kappa shape index (κ2) is 5.62. The van der Waals surface area contributed by atoms with Crippen molar-refractivity contribution in [3.05, 3.63) is 17.5 Å². The molecule has 0 aromatic carbocycles. The molecule has 1 atom stereocenters. The van der Waals surface area contributed by atoms with Crippen molar-refractivity contribution in [2.24, 2.45) is 7.05 Å². The first-order chi connectivity index (χ1) is 7.94. The molecule has 5 heteroatoms. The Bertz CT molecular complexity index is 357. The second-order valence-electron chi connectivity index (χ2n) is 4.44. The number of aliphatic hydroxyl groups is 1. The summed E-state index contributed by atoms with van der Waals surface area (Å²) in [5.41, 5.74) is 0.901. The molecule has 1 aromatic heterocycles. The molecule has 5 nitrogen and oxygen atoms in total. The number of ether oxygens (including phenoxy) is 2. The van der Waals surface area contributed by atoms with Crippen molar-refractivity contribution >= 4 is 0 Å². The summed E-state index contributed by atoms with van der Waals surface area (Å²) in [4.78, 5) is 0. The molecule has 1 N–H and O–H groups in total. The van der Waals surface area contributed by atoms with E-state index in [1.807, 2.05) is 13.1 Å². The zero-order chi connectivity index (χ0) is 13.1. The highest BCUT2D eigenvalue weighted by Gasteiger charge is 2.33. The van der Waals surface area contributed by atoms with Crippen LogP contribution >= 0.6 is 0 Å². The van der Waals surface area contributed by atoms with Crippen molar-refractivity contribution in [2.45, 2.75) is 38.6 Å². The van der Waals surface area contributed by atoms with E-state index in [0.717, 1.165) is 17.8 Å². The summed E-state index contributed by atoms with van der Waals surface area (Å²) in [7, 11) is 4.91. The number of aryl methyl sites for hydroxylation is 2. The van der Waals surface area contributed by atoms with E-state index in [4.69, 9.17) is 9.47 Å². The normalized spacial score (nSPS) is 15.2. The van der Waals surface area contributed by atoms with Gasteiger partial charge in [-0.15, -0.1) is 0 Å². The van der Waals surface area contributed by atoms with Gasteiger partial charge in [-0.25, -0.2) is 0 Å². The van der Waals surface area contributed by atoms with Crippen LogP contribution in [0, 0.1) is 0 Å². The Kier molecular flexibility index (Phi) is 4.68. The van der Waals surface area contributed by atoms with E-state index >= 15 is 0 Å². The molecule has 0 aliphatic heterocycles. The molecular weight excluding hydrogens is 220 g/mol. The molecule has 1 heterocycles. The molecule has 0 saturated heterocycles. The molecule has 1 rings (SSSR count). The van der Waals surface area contributed by atoms with Gasteiger partial charge in [0.15, 0.2) is 6.29 Å². The number of methoxy groups -OCH3 is 2. The Morgan fingerprint density at radius 1 is 1.47 bits per heavy atom. The quantitative estimate of drug-likeness (QED) is 0.753. The van der Waals surface area contributed by atoms with E-state index in [9.17, 15) is 5.11 Å². The highest BCUT2D eigenvalue weighted by molar-refractivity contribution is 5.12. The molecule has 0 aliphatic carbocycles. The Morgan fingerprint density at radius 3 is 2.47 bits per heavy atom. The molecule has 0 saturated carbocycles. The fourth-order valence-electron chi connectivity index (χ4n) is 1.96. The molecule has 17 heavy (non-hydrogen) atoms. The molecule has 0 amide bonds. The monoisotopic (exact) mass is 242 g/mol. The average molecular weight is 242 g/mol. The molecule has 0 aliphatic rings. The number of hydrogen-bond acceptors (Lipinski definition) is 4. The van der Waals surface area contributed by atoms with Crippen molar-refractivity contribution in [3.63, 3.8) is 0 Å². The van der Waals surface area contributed by atoms with Crippen LogP contribution in [-0.4, -0.2) is 41.0 Å². The first-order valence-electron chi connectivity index (χ1n) is 5.74. The van der Waals surface area contributed by atoms with Crippen molar-refractivity contribution in [1.82, 2.24) is 9.78 Å². The van der Waals surface area contributed by atoms with Crippen LogP contribution in [0.2, 0.25) is 0 Å². The molecule has 1 unspecified atom stereocenters. The first-order valence-corrected chi connectivity index (χ1v) is 5.74. The van der Waals surface area contributed by atoms with Gasteiger partial charge in [-0.2, -0.15) is 5.10 Å². The summed E-state index contributed by atoms with van der Waals surface area (Å²) < 4.78 is 12.0. The average Bonchev–Trinajstić information content (AvgIpc) is 2.60. The Morgan fingerprint density at radius 2 is 2.06 bits per heavy atom. The fraction of sp³-hybridized carbons (Fsp3) is 0.750. The zero-order valence-corrected chi connectivity index (χ0v) is 11.2. The van der Waals surface area contributed by atoms with Crippen molar-refractivity contribution < 1.29 is 14.6 Å². The number of aromatic nitrogens is 2. The van der Waals surface area contributed by atoms with Gasteiger partial charge in [-0.1, -0.05) is 6.92 Å². The van der Waals surface area contributed by atoms with Crippen LogP contribution in [0.4, 0.5) is 0 Å². The molecule has 0 spiro atoms. The van der Waals surface area contributed by atoms with Crippen LogP contribution < -0.4 is 0 Å². The summed E-state index contributed by atoms with van der Waals surface area (Å²) in [6, 6.07) is 2.00. The van der Waals surface area contributed by atoms with E-state index < -0.39 is 11.9 Å². The Labute approximate surface area is 102 Å². The minimum absolute atomic E-state index is 0.433. The van der Waals surface area contributed by atoms with Gasteiger partial charge >= 0.3 is 0 Å². The maximum Gasteiger partial charge on any atom is 0.185 e. The van der Waals surface area contributed by atoms with Crippen LogP contribution in [0.1, 0.15) is 25.2 Å². The largest absolute Gasteiger partial charge is 0.384 e. The minimum atomic E-state index is -1.08. The first kappa shape index (κ1) is 14.2.